The molecule has 0 aromatic carbocycles. The molecule has 0 aliphatic carbocycles. The maximum atomic E-state index is 4.71. The van der Waals surface area contributed by atoms with E-state index in [1.165, 1.54) is 5.71 Å². The predicted octanol–water partition coefficient (Wildman–Crippen LogP) is 3.32. The van der Waals surface area contributed by atoms with Crippen LogP contribution < -0.4 is 0 Å². The van der Waals surface area contributed by atoms with Crippen molar-refractivity contribution in [1.29, 1.82) is 0 Å². The third kappa shape index (κ3) is 5.38. The lowest BCUT2D eigenvalue weighted by Crippen LogP contribution is -2.16. The van der Waals surface area contributed by atoms with E-state index in [0.29, 0.717) is 0 Å². The van der Waals surface area contributed by atoms with Crippen molar-refractivity contribution in [3.05, 3.63) is 0 Å². The summed E-state index contributed by atoms with van der Waals surface area (Å²) in [5, 5.41) is 0. The topological polar surface area (TPSA) is 12.4 Å². The molecule has 0 heterocycles. The Labute approximate surface area is 71.7 Å². The molecule has 0 saturated heterocycles. The van der Waals surface area contributed by atoms with Gasteiger partial charge in [0, 0.05) is 5.41 Å². The Kier molecular flexibility index (Phi) is 3.26. The molecule has 1 nitrogen and oxygen atoms in total. The fraction of sp³-hybridized carbons (Fsp3) is 0.889. The molecule has 0 fully saturated rings. The highest BCUT2D eigenvalue weighted by atomic mass is 31.2. The predicted molar refractivity (Wildman–Crippen MR) is 57.3 cm³/mol. The van der Waals surface area contributed by atoms with Crippen molar-refractivity contribution in [3.63, 3.8) is 0 Å². The van der Waals surface area contributed by atoms with Crippen LogP contribution in [-0.2, 0) is 0 Å². The van der Waals surface area contributed by atoms with Gasteiger partial charge in [-0.3, -0.25) is 0 Å². The van der Waals surface area contributed by atoms with E-state index in [4.69, 9.17) is 4.76 Å². The van der Waals surface area contributed by atoms with Crippen LogP contribution in [0, 0.1) is 5.41 Å². The highest BCUT2D eigenvalue weighted by molar-refractivity contribution is 7.72. The van der Waals surface area contributed by atoms with E-state index in [9.17, 15) is 0 Å². The molecule has 0 unspecified atom stereocenters. The van der Waals surface area contributed by atoms with E-state index in [-0.39, 0.29) is 5.41 Å². The first kappa shape index (κ1) is 11.1. The molecule has 0 N–H and O–H groups in total. The van der Waals surface area contributed by atoms with Gasteiger partial charge in [-0.15, -0.1) is 4.76 Å². The van der Waals surface area contributed by atoms with Crippen LogP contribution in [0.2, 0.25) is 0 Å². The van der Waals surface area contributed by atoms with Crippen molar-refractivity contribution in [3.8, 4) is 0 Å². The normalized spacial score (nSPS) is 15.4. The Balaban J connectivity index is 4.49. The van der Waals surface area contributed by atoms with E-state index < -0.39 is 7.41 Å². The second-order valence-electron chi connectivity index (χ2n) is 4.88. The van der Waals surface area contributed by atoms with Gasteiger partial charge in [-0.1, -0.05) is 20.8 Å². The van der Waals surface area contributed by atoms with Gasteiger partial charge in [0.25, 0.3) is 0 Å². The van der Waals surface area contributed by atoms with Gasteiger partial charge in [0.1, 0.15) is 7.41 Å². The number of hydrogen-bond donors (Lipinski definition) is 0. The molecule has 2 heteroatoms. The number of rotatable bonds is 1. The van der Waals surface area contributed by atoms with Crippen LogP contribution in [0.1, 0.15) is 27.7 Å². The molecule has 0 aliphatic heterocycles. The van der Waals surface area contributed by atoms with Gasteiger partial charge in [-0.05, 0) is 6.92 Å². The monoisotopic (exact) mass is 174 g/mol. The van der Waals surface area contributed by atoms with Gasteiger partial charge in [-0.25, -0.2) is 0 Å². The lowest BCUT2D eigenvalue weighted by atomic mass is 9.91. The zero-order valence-electron chi connectivity index (χ0n) is 8.89. The average Bonchev–Trinajstić information content (AvgIpc) is 1.56. The minimum Gasteiger partial charge on any atom is -0.139 e. The van der Waals surface area contributed by atoms with Crippen molar-refractivity contribution >= 4 is 13.1 Å². The molecule has 0 aliphatic rings. The van der Waals surface area contributed by atoms with Crippen LogP contribution in [0.3, 0.4) is 0 Å². The molecule has 0 aromatic heterocycles. The molecular formula is C9H21NP+. The van der Waals surface area contributed by atoms with Gasteiger partial charge in [0.05, 0.1) is 25.7 Å². The lowest BCUT2D eigenvalue weighted by Gasteiger charge is -2.18. The highest BCUT2D eigenvalue weighted by Crippen LogP contribution is 2.49. The van der Waals surface area contributed by atoms with Crippen LogP contribution in [0.4, 0.5) is 0 Å². The quantitative estimate of drug-likeness (QED) is 0.427. The van der Waals surface area contributed by atoms with Gasteiger partial charge >= 0.3 is 0 Å². The second kappa shape index (κ2) is 3.23. The van der Waals surface area contributed by atoms with Crippen molar-refractivity contribution in [2.75, 3.05) is 20.0 Å². The Hall–Kier alpha value is 0.100. The molecule has 0 saturated carbocycles. The first-order valence-electron chi connectivity index (χ1n) is 4.02. The summed E-state index contributed by atoms with van der Waals surface area (Å²) in [7, 11) is -0.980. The molecule has 66 valence electrons. The molecule has 11 heavy (non-hydrogen) atoms. The molecule has 0 spiro atoms. The van der Waals surface area contributed by atoms with E-state index >= 15 is 0 Å². The van der Waals surface area contributed by atoms with Crippen LogP contribution >= 0.6 is 7.41 Å². The standard InChI is InChI=1S/C9H21NP/c1-8(9(2,3)4)10-11(5,6)7/h1-7H3/q+1. The van der Waals surface area contributed by atoms with E-state index in [2.05, 4.69) is 47.7 Å². The Morgan fingerprint density at radius 2 is 1.45 bits per heavy atom. The molecule has 0 rings (SSSR count). The maximum Gasteiger partial charge on any atom is 0.123 e. The van der Waals surface area contributed by atoms with Crippen molar-refractivity contribution in [2.45, 2.75) is 27.7 Å². The summed E-state index contributed by atoms with van der Waals surface area (Å²) in [5.74, 6) is 0. The number of nitrogens with zero attached hydrogens (tertiary/aromatic N) is 1. The molecule has 0 amide bonds. The van der Waals surface area contributed by atoms with Crippen molar-refractivity contribution < 1.29 is 0 Å². The second-order valence-corrected chi connectivity index (χ2v) is 8.96. The van der Waals surface area contributed by atoms with Crippen LogP contribution in [0.5, 0.6) is 0 Å². The summed E-state index contributed by atoms with van der Waals surface area (Å²) in [6, 6.07) is 0. The van der Waals surface area contributed by atoms with Gasteiger partial charge in [-0.2, -0.15) is 0 Å². The first-order chi connectivity index (χ1) is 4.63. The molecule has 0 atom stereocenters. The summed E-state index contributed by atoms with van der Waals surface area (Å²) < 4.78 is 4.71. The van der Waals surface area contributed by atoms with Crippen molar-refractivity contribution in [1.82, 2.24) is 0 Å². The smallest absolute Gasteiger partial charge is 0.123 e. The highest BCUT2D eigenvalue weighted by Gasteiger charge is 2.22. The first-order valence-corrected chi connectivity index (χ1v) is 7.10. The summed E-state index contributed by atoms with van der Waals surface area (Å²) in [6.45, 7) is 15.5. The summed E-state index contributed by atoms with van der Waals surface area (Å²) >= 11 is 0. The van der Waals surface area contributed by atoms with Gasteiger partial charge < -0.3 is 0 Å². The molecule has 0 bridgehead atoms. The van der Waals surface area contributed by atoms with Crippen LogP contribution in [0.25, 0.3) is 0 Å². The minimum absolute atomic E-state index is 0.243. The van der Waals surface area contributed by atoms with E-state index in [1.54, 1.807) is 0 Å². The molecule has 0 radical (unpaired) electrons. The number of hydrogen-bond acceptors (Lipinski definition) is 1. The Morgan fingerprint density at radius 3 is 1.55 bits per heavy atom. The molecular weight excluding hydrogens is 153 g/mol. The lowest BCUT2D eigenvalue weighted by molar-refractivity contribution is 0.589. The fourth-order valence-electron chi connectivity index (χ4n) is 0.600. The Morgan fingerprint density at radius 1 is 1.09 bits per heavy atom. The van der Waals surface area contributed by atoms with Crippen LogP contribution in [0.15, 0.2) is 4.76 Å². The summed E-state index contributed by atoms with van der Waals surface area (Å²) in [6.07, 6.45) is 0. The van der Waals surface area contributed by atoms with Gasteiger partial charge in [0.15, 0.2) is 0 Å². The zero-order chi connectivity index (χ0) is 9.28. The van der Waals surface area contributed by atoms with Gasteiger partial charge in [0.2, 0.25) is 0 Å². The summed E-state index contributed by atoms with van der Waals surface area (Å²) in [4.78, 5) is 0. The fourth-order valence-corrected chi connectivity index (χ4v) is 1.80. The third-order valence-corrected chi connectivity index (χ3v) is 2.44. The summed E-state index contributed by atoms with van der Waals surface area (Å²) in [5.41, 5.74) is 1.52. The van der Waals surface area contributed by atoms with Crippen LogP contribution in [-0.4, -0.2) is 25.7 Å². The zero-order valence-corrected chi connectivity index (χ0v) is 9.79. The largest absolute Gasteiger partial charge is 0.139 e. The van der Waals surface area contributed by atoms with E-state index in [1.807, 2.05) is 0 Å². The third-order valence-electron chi connectivity index (χ3n) is 1.54. The minimum atomic E-state index is -0.980. The van der Waals surface area contributed by atoms with E-state index in [0.717, 1.165) is 0 Å². The maximum absolute atomic E-state index is 4.71. The molecule has 0 aromatic rings. The Bertz CT molecular complexity index is 157. The van der Waals surface area contributed by atoms with Crippen molar-refractivity contribution in [2.24, 2.45) is 10.2 Å². The SMILES string of the molecule is CC(=N[P+](C)(C)C)C(C)(C)C. The average molecular weight is 174 g/mol.